The average Bonchev–Trinajstić information content (AvgIpc) is 2.22. The molecular weight excluding hydrogens is 212 g/mol. The van der Waals surface area contributed by atoms with Gasteiger partial charge in [-0.15, -0.1) is 0 Å². The van der Waals surface area contributed by atoms with Crippen molar-refractivity contribution in [3.63, 3.8) is 0 Å². The lowest BCUT2D eigenvalue weighted by atomic mass is 10.4. The molecule has 0 spiro atoms. The third kappa shape index (κ3) is 10.8. The Bertz CT molecular complexity index is 209. The van der Waals surface area contributed by atoms with Crippen LogP contribution >= 0.6 is 0 Å². The minimum atomic E-state index is -0.928. The van der Waals surface area contributed by atoms with Gasteiger partial charge in [-0.05, 0) is 6.42 Å². The summed E-state index contributed by atoms with van der Waals surface area (Å²) in [5, 5.41) is 13.3. The number of carbonyl (C=O) groups is 2. The molecule has 3 N–H and O–H groups in total. The second-order valence-electron chi connectivity index (χ2n) is 3.29. The van der Waals surface area contributed by atoms with Crippen molar-refractivity contribution >= 4 is 12.0 Å². The summed E-state index contributed by atoms with van der Waals surface area (Å²) in [7, 11) is 0. The first kappa shape index (κ1) is 14.7. The highest BCUT2D eigenvalue weighted by atomic mass is 16.5. The number of rotatable bonds is 9. The van der Waals surface area contributed by atoms with Crippen molar-refractivity contribution in [3.8, 4) is 0 Å². The van der Waals surface area contributed by atoms with E-state index in [-0.39, 0.29) is 19.0 Å². The molecule has 2 amide bonds. The number of carboxylic acids is 1. The van der Waals surface area contributed by atoms with E-state index in [2.05, 4.69) is 17.6 Å². The molecule has 94 valence electrons. The largest absolute Gasteiger partial charge is 0.481 e. The quantitative estimate of drug-likeness (QED) is 0.507. The van der Waals surface area contributed by atoms with Gasteiger partial charge in [-0.2, -0.15) is 0 Å². The number of hydrogen-bond donors (Lipinski definition) is 3. The molecule has 0 aromatic carbocycles. The van der Waals surface area contributed by atoms with Gasteiger partial charge in [0.15, 0.2) is 0 Å². The van der Waals surface area contributed by atoms with E-state index in [0.29, 0.717) is 19.8 Å². The van der Waals surface area contributed by atoms with E-state index in [1.54, 1.807) is 0 Å². The molecule has 0 aliphatic heterocycles. The Labute approximate surface area is 95.4 Å². The molecule has 0 saturated heterocycles. The summed E-state index contributed by atoms with van der Waals surface area (Å²) < 4.78 is 5.23. The van der Waals surface area contributed by atoms with E-state index in [1.807, 2.05) is 0 Å². The van der Waals surface area contributed by atoms with Crippen molar-refractivity contribution in [2.45, 2.75) is 26.2 Å². The molecule has 0 aliphatic rings. The Hall–Kier alpha value is -1.30. The highest BCUT2D eigenvalue weighted by Gasteiger charge is 2.00. The first-order valence-electron chi connectivity index (χ1n) is 5.48. The maximum absolute atomic E-state index is 11.0. The van der Waals surface area contributed by atoms with Gasteiger partial charge in [-0.25, -0.2) is 4.79 Å². The number of amides is 2. The molecule has 0 aromatic rings. The molecule has 16 heavy (non-hydrogen) atoms. The van der Waals surface area contributed by atoms with Crippen LogP contribution in [0.25, 0.3) is 0 Å². The van der Waals surface area contributed by atoms with Crippen LogP contribution < -0.4 is 10.6 Å². The van der Waals surface area contributed by atoms with Crippen LogP contribution in [0.15, 0.2) is 0 Å². The molecule has 0 heterocycles. The molecule has 6 nitrogen and oxygen atoms in total. The Balaban J connectivity index is 3.20. The lowest BCUT2D eigenvalue weighted by Gasteiger charge is -2.06. The Kier molecular flexibility index (Phi) is 9.39. The number of urea groups is 1. The summed E-state index contributed by atoms with van der Waals surface area (Å²) in [5.74, 6) is -0.928. The number of unbranched alkanes of at least 4 members (excludes halogenated alkanes) is 1. The molecule has 0 rings (SSSR count). The standard InChI is InChI=1S/C10H20N2O4/c1-2-3-7-16-8-6-12-10(15)11-5-4-9(13)14/h2-8H2,1H3,(H,13,14)(H2,11,12,15). The van der Waals surface area contributed by atoms with Crippen LogP contribution in [-0.4, -0.2) is 43.4 Å². The number of carboxylic acid groups (broad SMARTS) is 1. The second kappa shape index (κ2) is 10.2. The minimum Gasteiger partial charge on any atom is -0.481 e. The predicted molar refractivity (Wildman–Crippen MR) is 59.4 cm³/mol. The zero-order valence-electron chi connectivity index (χ0n) is 9.62. The second-order valence-corrected chi connectivity index (χ2v) is 3.29. The SMILES string of the molecule is CCCCOCCNC(=O)NCCC(=O)O. The van der Waals surface area contributed by atoms with Crippen molar-refractivity contribution < 1.29 is 19.4 Å². The van der Waals surface area contributed by atoms with Crippen molar-refractivity contribution in [2.75, 3.05) is 26.3 Å². The topological polar surface area (TPSA) is 87.7 Å². The fourth-order valence-electron chi connectivity index (χ4n) is 0.931. The lowest BCUT2D eigenvalue weighted by Crippen LogP contribution is -2.38. The summed E-state index contributed by atoms with van der Waals surface area (Å²) in [6.45, 7) is 3.84. The van der Waals surface area contributed by atoms with Crippen LogP contribution in [0.1, 0.15) is 26.2 Å². The summed E-state index contributed by atoms with van der Waals surface area (Å²) in [5.41, 5.74) is 0. The van der Waals surface area contributed by atoms with Gasteiger partial charge in [0.05, 0.1) is 13.0 Å². The van der Waals surface area contributed by atoms with Gasteiger partial charge < -0.3 is 20.5 Å². The van der Waals surface area contributed by atoms with E-state index < -0.39 is 5.97 Å². The highest BCUT2D eigenvalue weighted by molar-refractivity contribution is 5.74. The van der Waals surface area contributed by atoms with Gasteiger partial charge in [-0.1, -0.05) is 13.3 Å². The number of carbonyl (C=O) groups excluding carboxylic acids is 1. The summed E-state index contributed by atoms with van der Waals surface area (Å²) >= 11 is 0. The number of ether oxygens (including phenoxy) is 1. The predicted octanol–water partition coefficient (Wildman–Crippen LogP) is 0.577. The number of hydrogen-bond acceptors (Lipinski definition) is 3. The minimum absolute atomic E-state index is 0.0690. The molecule has 0 atom stereocenters. The third-order valence-electron chi connectivity index (χ3n) is 1.80. The number of aliphatic carboxylic acids is 1. The van der Waals surface area contributed by atoms with Gasteiger partial charge in [0.2, 0.25) is 0 Å². The van der Waals surface area contributed by atoms with Gasteiger partial charge in [0.25, 0.3) is 0 Å². The Morgan fingerprint density at radius 1 is 1.19 bits per heavy atom. The highest BCUT2D eigenvalue weighted by Crippen LogP contribution is 1.86. The third-order valence-corrected chi connectivity index (χ3v) is 1.80. The molecule has 0 fully saturated rings. The van der Waals surface area contributed by atoms with E-state index >= 15 is 0 Å². The molecule has 0 aliphatic carbocycles. The van der Waals surface area contributed by atoms with Gasteiger partial charge in [-0.3, -0.25) is 4.79 Å². The van der Waals surface area contributed by atoms with Crippen LogP contribution in [0, 0.1) is 0 Å². The first-order chi connectivity index (χ1) is 7.66. The Morgan fingerprint density at radius 2 is 1.88 bits per heavy atom. The summed E-state index contributed by atoms with van der Waals surface area (Å²) in [6, 6.07) is -0.361. The van der Waals surface area contributed by atoms with Gasteiger partial charge in [0.1, 0.15) is 0 Å². The fourth-order valence-corrected chi connectivity index (χ4v) is 0.931. The van der Waals surface area contributed by atoms with Crippen molar-refractivity contribution in [1.82, 2.24) is 10.6 Å². The zero-order valence-corrected chi connectivity index (χ0v) is 9.62. The maximum atomic E-state index is 11.0. The summed E-state index contributed by atoms with van der Waals surface area (Å²) in [6.07, 6.45) is 2.04. The van der Waals surface area contributed by atoms with Gasteiger partial charge in [0, 0.05) is 19.7 Å². The van der Waals surface area contributed by atoms with Crippen LogP contribution in [-0.2, 0) is 9.53 Å². The van der Waals surface area contributed by atoms with Crippen molar-refractivity contribution in [1.29, 1.82) is 0 Å². The molecule has 0 unspecified atom stereocenters. The van der Waals surface area contributed by atoms with E-state index in [9.17, 15) is 9.59 Å². The molecule has 0 saturated carbocycles. The van der Waals surface area contributed by atoms with Crippen molar-refractivity contribution in [2.24, 2.45) is 0 Å². The maximum Gasteiger partial charge on any atom is 0.314 e. The van der Waals surface area contributed by atoms with Crippen molar-refractivity contribution in [3.05, 3.63) is 0 Å². The first-order valence-corrected chi connectivity index (χ1v) is 5.48. The number of nitrogens with one attached hydrogen (secondary N) is 2. The summed E-state index contributed by atoms with van der Waals surface area (Å²) in [4.78, 5) is 21.2. The van der Waals surface area contributed by atoms with Crippen LogP contribution in [0.2, 0.25) is 0 Å². The van der Waals surface area contributed by atoms with E-state index in [1.165, 1.54) is 0 Å². The normalized spacial score (nSPS) is 9.81. The van der Waals surface area contributed by atoms with Gasteiger partial charge >= 0.3 is 12.0 Å². The van der Waals surface area contributed by atoms with E-state index in [0.717, 1.165) is 12.8 Å². The Morgan fingerprint density at radius 3 is 2.50 bits per heavy atom. The smallest absolute Gasteiger partial charge is 0.314 e. The molecule has 0 radical (unpaired) electrons. The molecular formula is C10H20N2O4. The molecule has 0 aromatic heterocycles. The monoisotopic (exact) mass is 232 g/mol. The molecule has 0 bridgehead atoms. The van der Waals surface area contributed by atoms with Crippen LogP contribution in [0.5, 0.6) is 0 Å². The van der Waals surface area contributed by atoms with Crippen LogP contribution in [0.3, 0.4) is 0 Å². The zero-order chi connectivity index (χ0) is 12.2. The lowest BCUT2D eigenvalue weighted by molar-refractivity contribution is -0.136. The fraction of sp³-hybridized carbons (Fsp3) is 0.800. The van der Waals surface area contributed by atoms with E-state index in [4.69, 9.17) is 9.84 Å². The average molecular weight is 232 g/mol. The molecule has 6 heteroatoms. The van der Waals surface area contributed by atoms with Crippen LogP contribution in [0.4, 0.5) is 4.79 Å².